The largest absolute Gasteiger partial charge is 0.499 e. The standard InChI is InChI=1S/C15H11NO7/c1-23-10-7-9(15(19)20)11(12(14(10)18)16(21)22)13(17)8-5-3-2-4-6-8/h2-7,18H,1H3,(H,19,20). The molecule has 2 rings (SSSR count). The van der Waals surface area contributed by atoms with Gasteiger partial charge in [-0.2, -0.15) is 0 Å². The van der Waals surface area contributed by atoms with Crippen LogP contribution in [0.15, 0.2) is 36.4 Å². The van der Waals surface area contributed by atoms with E-state index in [2.05, 4.69) is 0 Å². The maximum atomic E-state index is 12.5. The number of hydrogen-bond acceptors (Lipinski definition) is 6. The Morgan fingerprint density at radius 3 is 2.30 bits per heavy atom. The molecule has 8 nitrogen and oxygen atoms in total. The Labute approximate surface area is 129 Å². The van der Waals surface area contributed by atoms with Crippen LogP contribution in [0.5, 0.6) is 11.5 Å². The van der Waals surface area contributed by atoms with E-state index < -0.39 is 45.0 Å². The molecule has 2 N–H and O–H groups in total. The summed E-state index contributed by atoms with van der Waals surface area (Å²) in [6.45, 7) is 0. The molecule has 0 aliphatic carbocycles. The number of nitro groups is 1. The van der Waals surface area contributed by atoms with Crippen molar-refractivity contribution in [2.45, 2.75) is 0 Å². The number of benzene rings is 2. The van der Waals surface area contributed by atoms with Crippen molar-refractivity contribution in [3.8, 4) is 11.5 Å². The first-order valence-electron chi connectivity index (χ1n) is 6.29. The Kier molecular flexibility index (Phi) is 4.26. The lowest BCUT2D eigenvalue weighted by Crippen LogP contribution is -2.13. The van der Waals surface area contributed by atoms with Crippen molar-refractivity contribution in [1.29, 1.82) is 0 Å². The van der Waals surface area contributed by atoms with E-state index in [1.165, 1.54) is 24.3 Å². The molecule has 0 spiro atoms. The third-order valence-corrected chi connectivity index (χ3v) is 3.14. The normalized spacial score (nSPS) is 10.1. The Hall–Kier alpha value is -3.42. The predicted molar refractivity (Wildman–Crippen MR) is 78.1 cm³/mol. The number of carboxylic acid groups (broad SMARTS) is 1. The zero-order valence-electron chi connectivity index (χ0n) is 11.8. The number of methoxy groups -OCH3 is 1. The quantitative estimate of drug-likeness (QED) is 0.491. The maximum absolute atomic E-state index is 12.5. The molecule has 0 saturated carbocycles. The molecule has 0 atom stereocenters. The summed E-state index contributed by atoms with van der Waals surface area (Å²) in [5.74, 6) is -3.74. The van der Waals surface area contributed by atoms with Crippen LogP contribution in [0.25, 0.3) is 0 Å². The van der Waals surface area contributed by atoms with Crippen molar-refractivity contribution in [3.05, 3.63) is 63.2 Å². The zero-order valence-corrected chi connectivity index (χ0v) is 11.8. The van der Waals surface area contributed by atoms with E-state index >= 15 is 0 Å². The van der Waals surface area contributed by atoms with E-state index in [9.17, 15) is 29.9 Å². The number of rotatable bonds is 5. The molecule has 118 valence electrons. The summed E-state index contributed by atoms with van der Waals surface area (Å²) >= 11 is 0. The van der Waals surface area contributed by atoms with E-state index in [0.717, 1.165) is 13.2 Å². The van der Waals surface area contributed by atoms with Gasteiger partial charge in [-0.1, -0.05) is 30.3 Å². The average Bonchev–Trinajstić information content (AvgIpc) is 2.53. The van der Waals surface area contributed by atoms with Crippen LogP contribution in [-0.2, 0) is 0 Å². The van der Waals surface area contributed by atoms with Crippen LogP contribution in [0.1, 0.15) is 26.3 Å². The number of carbonyl (C=O) groups is 2. The number of phenols is 1. The molecule has 2 aromatic rings. The van der Waals surface area contributed by atoms with E-state index in [-0.39, 0.29) is 5.56 Å². The van der Waals surface area contributed by atoms with Crippen LogP contribution in [-0.4, -0.2) is 34.0 Å². The summed E-state index contributed by atoms with van der Waals surface area (Å²) in [5.41, 5.74) is -2.27. The van der Waals surface area contributed by atoms with Crippen LogP contribution >= 0.6 is 0 Å². The van der Waals surface area contributed by atoms with Crippen LogP contribution in [0, 0.1) is 10.1 Å². The summed E-state index contributed by atoms with van der Waals surface area (Å²) in [5, 5.41) is 30.5. The van der Waals surface area contributed by atoms with Gasteiger partial charge in [-0.05, 0) is 6.07 Å². The average molecular weight is 317 g/mol. The maximum Gasteiger partial charge on any atom is 0.336 e. The van der Waals surface area contributed by atoms with Gasteiger partial charge in [0, 0.05) is 5.56 Å². The third kappa shape index (κ3) is 2.82. The van der Waals surface area contributed by atoms with Crippen molar-refractivity contribution >= 4 is 17.4 Å². The molecule has 0 bridgehead atoms. The van der Waals surface area contributed by atoms with Crippen molar-refractivity contribution in [3.63, 3.8) is 0 Å². The molecule has 0 aromatic heterocycles. The van der Waals surface area contributed by atoms with Crippen molar-refractivity contribution in [1.82, 2.24) is 0 Å². The lowest BCUT2D eigenvalue weighted by atomic mass is 9.95. The van der Waals surface area contributed by atoms with Gasteiger partial charge in [0.15, 0.2) is 5.75 Å². The number of nitrogens with zero attached hydrogens (tertiary/aromatic N) is 1. The highest BCUT2D eigenvalue weighted by Crippen LogP contribution is 2.41. The fraction of sp³-hybridized carbons (Fsp3) is 0.0667. The Morgan fingerprint density at radius 1 is 1.22 bits per heavy atom. The minimum atomic E-state index is -1.55. The van der Waals surface area contributed by atoms with Crippen molar-refractivity contribution in [2.24, 2.45) is 0 Å². The highest BCUT2D eigenvalue weighted by molar-refractivity contribution is 6.17. The molecule has 0 unspecified atom stereocenters. The smallest absolute Gasteiger partial charge is 0.336 e. The number of phenolic OH excluding ortho intramolecular Hbond substituents is 1. The Balaban J connectivity index is 2.84. The number of aromatic carboxylic acids is 1. The monoisotopic (exact) mass is 317 g/mol. The highest BCUT2D eigenvalue weighted by atomic mass is 16.6. The molecule has 0 aliphatic heterocycles. The van der Waals surface area contributed by atoms with Gasteiger partial charge in [0.2, 0.25) is 11.5 Å². The van der Waals surface area contributed by atoms with Crippen molar-refractivity contribution in [2.75, 3.05) is 7.11 Å². The second kappa shape index (κ2) is 6.14. The lowest BCUT2D eigenvalue weighted by Gasteiger charge is -2.11. The second-order valence-corrected chi connectivity index (χ2v) is 4.46. The molecule has 0 fully saturated rings. The number of aromatic hydroxyl groups is 1. The first kappa shape index (κ1) is 16.0. The molecule has 0 heterocycles. The van der Waals surface area contributed by atoms with Gasteiger partial charge in [0.25, 0.3) is 0 Å². The van der Waals surface area contributed by atoms with Gasteiger partial charge in [-0.25, -0.2) is 4.79 Å². The summed E-state index contributed by atoms with van der Waals surface area (Å²) < 4.78 is 4.74. The van der Waals surface area contributed by atoms with Crippen LogP contribution < -0.4 is 4.74 Å². The molecular formula is C15H11NO7. The third-order valence-electron chi connectivity index (χ3n) is 3.14. The van der Waals surface area contributed by atoms with E-state index in [1.807, 2.05) is 0 Å². The molecule has 0 amide bonds. The number of carbonyl (C=O) groups excluding carboxylic acids is 1. The number of ketones is 1. The van der Waals surface area contributed by atoms with Gasteiger partial charge >= 0.3 is 11.7 Å². The number of ether oxygens (including phenoxy) is 1. The highest BCUT2D eigenvalue weighted by Gasteiger charge is 2.34. The first-order chi connectivity index (χ1) is 10.9. The van der Waals surface area contributed by atoms with E-state index in [1.54, 1.807) is 6.07 Å². The van der Waals surface area contributed by atoms with E-state index in [4.69, 9.17) is 4.74 Å². The molecule has 0 saturated heterocycles. The summed E-state index contributed by atoms with van der Waals surface area (Å²) in [7, 11) is 1.11. The van der Waals surface area contributed by atoms with Crippen LogP contribution in [0.3, 0.4) is 0 Å². The fourth-order valence-corrected chi connectivity index (χ4v) is 2.10. The van der Waals surface area contributed by atoms with Gasteiger partial charge < -0.3 is 14.9 Å². The topological polar surface area (TPSA) is 127 Å². The van der Waals surface area contributed by atoms with Gasteiger partial charge in [-0.15, -0.1) is 0 Å². The summed E-state index contributed by atoms with van der Waals surface area (Å²) in [4.78, 5) is 34.2. The fourth-order valence-electron chi connectivity index (χ4n) is 2.10. The molecule has 0 radical (unpaired) electrons. The molecule has 0 aliphatic rings. The molecule has 8 heteroatoms. The molecule has 2 aromatic carbocycles. The Morgan fingerprint density at radius 2 is 1.83 bits per heavy atom. The van der Waals surface area contributed by atoms with Crippen molar-refractivity contribution < 1.29 is 29.5 Å². The zero-order chi connectivity index (χ0) is 17.1. The van der Waals surface area contributed by atoms with Crippen LogP contribution in [0.4, 0.5) is 5.69 Å². The number of hydrogen-bond donors (Lipinski definition) is 2. The predicted octanol–water partition coefficient (Wildman–Crippen LogP) is 2.24. The summed E-state index contributed by atoms with van der Waals surface area (Å²) in [6, 6.07) is 8.35. The van der Waals surface area contributed by atoms with Crippen LogP contribution in [0.2, 0.25) is 0 Å². The van der Waals surface area contributed by atoms with Gasteiger partial charge in [0.1, 0.15) is 5.56 Å². The SMILES string of the molecule is COc1cc(C(=O)O)c(C(=O)c2ccccc2)c([N+](=O)[O-])c1O. The number of carboxylic acids is 1. The minimum Gasteiger partial charge on any atom is -0.499 e. The summed E-state index contributed by atoms with van der Waals surface area (Å²) in [6.07, 6.45) is 0. The molecular weight excluding hydrogens is 306 g/mol. The lowest BCUT2D eigenvalue weighted by molar-refractivity contribution is -0.386. The van der Waals surface area contributed by atoms with Gasteiger partial charge in [0.05, 0.1) is 17.6 Å². The molecule has 23 heavy (non-hydrogen) atoms. The Bertz CT molecular complexity index is 799. The van der Waals surface area contributed by atoms with E-state index in [0.29, 0.717) is 0 Å². The first-order valence-corrected chi connectivity index (χ1v) is 6.29. The van der Waals surface area contributed by atoms with Gasteiger partial charge in [-0.3, -0.25) is 14.9 Å². The minimum absolute atomic E-state index is 0.0580. The second-order valence-electron chi connectivity index (χ2n) is 4.46. The number of nitro benzene ring substituents is 1.